The first kappa shape index (κ1) is 21.2. The minimum Gasteiger partial charge on any atom is -0.349 e. The SMILES string of the molecule is CN1C(=O)C=C[C@]2(C)[C@H]3CC[C@]4(C)CCC[C@H]4[C@@H]3[C@@H](NC(=O)c3ccc(C#N)cc3)C[C@@H]12. The summed E-state index contributed by atoms with van der Waals surface area (Å²) in [4.78, 5) is 27.7. The molecule has 0 unspecified atom stereocenters. The van der Waals surface area contributed by atoms with Crippen LogP contribution in [0.5, 0.6) is 0 Å². The number of amides is 2. The van der Waals surface area contributed by atoms with Crippen molar-refractivity contribution in [2.75, 3.05) is 7.05 Å². The number of fused-ring (bicyclic) bond motifs is 5. The number of nitrogens with one attached hydrogen (secondary N) is 1. The van der Waals surface area contributed by atoms with Crippen molar-refractivity contribution in [2.45, 2.75) is 64.5 Å². The molecule has 1 aromatic rings. The summed E-state index contributed by atoms with van der Waals surface area (Å²) in [5, 5.41) is 12.5. The normalized spacial score (nSPS) is 40.1. The molecule has 4 aliphatic rings. The maximum Gasteiger partial charge on any atom is 0.251 e. The number of nitrogens with zero attached hydrogens (tertiary/aromatic N) is 2. The fourth-order valence-corrected chi connectivity index (χ4v) is 7.81. The van der Waals surface area contributed by atoms with Gasteiger partial charge in [0.2, 0.25) is 5.91 Å². The third kappa shape index (κ3) is 3.10. The molecule has 0 saturated heterocycles. The van der Waals surface area contributed by atoms with Crippen molar-refractivity contribution < 1.29 is 9.59 Å². The molecule has 1 heterocycles. The summed E-state index contributed by atoms with van der Waals surface area (Å²) >= 11 is 0. The van der Waals surface area contributed by atoms with Gasteiger partial charge in [-0.15, -0.1) is 0 Å². The molecule has 168 valence electrons. The minimum atomic E-state index is -0.0764. The molecule has 0 aromatic heterocycles. The van der Waals surface area contributed by atoms with Crippen molar-refractivity contribution in [3.8, 4) is 6.07 Å². The van der Waals surface area contributed by atoms with Gasteiger partial charge < -0.3 is 10.2 Å². The van der Waals surface area contributed by atoms with Gasteiger partial charge in [0.15, 0.2) is 0 Å². The summed E-state index contributed by atoms with van der Waals surface area (Å²) in [5.74, 6) is 1.47. The molecule has 1 aromatic carbocycles. The summed E-state index contributed by atoms with van der Waals surface area (Å²) in [5.41, 5.74) is 1.46. The van der Waals surface area contributed by atoms with Crippen molar-refractivity contribution in [2.24, 2.45) is 28.6 Å². The number of carbonyl (C=O) groups excluding carboxylic acids is 2. The molecule has 1 aliphatic heterocycles. The average molecular weight is 432 g/mol. The average Bonchev–Trinajstić information content (AvgIpc) is 3.19. The van der Waals surface area contributed by atoms with E-state index in [9.17, 15) is 9.59 Å². The molecule has 32 heavy (non-hydrogen) atoms. The van der Waals surface area contributed by atoms with Crippen LogP contribution in [-0.4, -0.2) is 35.8 Å². The highest BCUT2D eigenvalue weighted by atomic mass is 16.2. The van der Waals surface area contributed by atoms with E-state index in [-0.39, 0.29) is 29.3 Å². The van der Waals surface area contributed by atoms with E-state index in [0.29, 0.717) is 34.3 Å². The Bertz CT molecular complexity index is 1010. The Labute approximate surface area is 190 Å². The van der Waals surface area contributed by atoms with Gasteiger partial charge >= 0.3 is 0 Å². The topological polar surface area (TPSA) is 73.2 Å². The van der Waals surface area contributed by atoms with E-state index in [1.54, 1.807) is 30.3 Å². The molecular weight excluding hydrogens is 398 g/mol. The number of hydrogen-bond donors (Lipinski definition) is 1. The van der Waals surface area contributed by atoms with Gasteiger partial charge in [0.1, 0.15) is 0 Å². The van der Waals surface area contributed by atoms with Gasteiger partial charge in [0, 0.05) is 30.1 Å². The molecule has 1 N–H and O–H groups in total. The van der Waals surface area contributed by atoms with E-state index >= 15 is 0 Å². The highest BCUT2D eigenvalue weighted by Gasteiger charge is 2.61. The summed E-state index contributed by atoms with van der Waals surface area (Å²) < 4.78 is 0. The number of hydrogen-bond acceptors (Lipinski definition) is 3. The van der Waals surface area contributed by atoms with Gasteiger partial charge in [-0.2, -0.15) is 5.26 Å². The van der Waals surface area contributed by atoms with E-state index in [1.807, 2.05) is 11.9 Å². The van der Waals surface area contributed by atoms with E-state index in [4.69, 9.17) is 5.26 Å². The first-order chi connectivity index (χ1) is 15.3. The van der Waals surface area contributed by atoms with Gasteiger partial charge in [-0.05, 0) is 85.6 Å². The number of carbonyl (C=O) groups is 2. The zero-order valence-electron chi connectivity index (χ0n) is 19.3. The van der Waals surface area contributed by atoms with Gasteiger partial charge in [0.25, 0.3) is 5.91 Å². The maximum atomic E-state index is 13.3. The molecule has 0 bridgehead atoms. The van der Waals surface area contributed by atoms with Gasteiger partial charge in [-0.1, -0.05) is 26.3 Å². The molecule has 0 radical (unpaired) electrons. The standard InChI is InChI=1S/C27H33N3O2/c1-26-12-4-5-19(26)24-20(10-13-26)27(2)14-11-23(31)30(3)22(27)15-21(24)29-25(32)18-8-6-17(16-28)7-9-18/h6-9,11,14,19-22,24H,4-5,10,12-13,15H2,1-3H3,(H,29,32)/t19-,20-,21-,22+,24-,26-,27+/m0/s1. The summed E-state index contributed by atoms with van der Waals surface area (Å²) in [7, 11) is 1.91. The molecule has 2 amide bonds. The first-order valence-corrected chi connectivity index (χ1v) is 12.0. The van der Waals surface area contributed by atoms with E-state index in [1.165, 1.54) is 25.7 Å². The lowest BCUT2D eigenvalue weighted by molar-refractivity contribution is -0.140. The van der Waals surface area contributed by atoms with Crippen molar-refractivity contribution in [1.29, 1.82) is 5.26 Å². The Morgan fingerprint density at radius 2 is 1.91 bits per heavy atom. The number of rotatable bonds is 2. The van der Waals surface area contributed by atoms with Crippen LogP contribution in [-0.2, 0) is 4.79 Å². The summed E-state index contributed by atoms with van der Waals surface area (Å²) in [6.45, 7) is 4.80. The highest BCUT2D eigenvalue weighted by Crippen LogP contribution is 2.63. The quantitative estimate of drug-likeness (QED) is 0.759. The molecule has 5 heteroatoms. The Kier molecular flexibility index (Phi) is 4.96. The molecule has 0 spiro atoms. The monoisotopic (exact) mass is 431 g/mol. The Balaban J connectivity index is 1.50. The second-order valence-corrected chi connectivity index (χ2v) is 11.0. The maximum absolute atomic E-state index is 13.3. The van der Waals surface area contributed by atoms with Crippen molar-refractivity contribution in [3.05, 3.63) is 47.5 Å². The van der Waals surface area contributed by atoms with Crippen molar-refractivity contribution >= 4 is 11.8 Å². The van der Waals surface area contributed by atoms with Crippen LogP contribution < -0.4 is 5.32 Å². The van der Waals surface area contributed by atoms with Gasteiger partial charge in [-0.25, -0.2) is 0 Å². The number of benzene rings is 1. The lowest BCUT2D eigenvalue weighted by Gasteiger charge is -2.62. The van der Waals surface area contributed by atoms with Gasteiger partial charge in [-0.3, -0.25) is 9.59 Å². The zero-order chi connectivity index (χ0) is 22.7. The predicted molar refractivity (Wildman–Crippen MR) is 122 cm³/mol. The minimum absolute atomic E-state index is 0.0469. The second-order valence-electron chi connectivity index (χ2n) is 11.0. The zero-order valence-corrected chi connectivity index (χ0v) is 19.3. The third-order valence-electron chi connectivity index (χ3n) is 9.57. The van der Waals surface area contributed by atoms with Crippen molar-refractivity contribution in [3.63, 3.8) is 0 Å². The van der Waals surface area contributed by atoms with Crippen LogP contribution >= 0.6 is 0 Å². The van der Waals surface area contributed by atoms with Crippen molar-refractivity contribution in [1.82, 2.24) is 10.2 Å². The smallest absolute Gasteiger partial charge is 0.251 e. The second kappa shape index (κ2) is 7.47. The Hall–Kier alpha value is -2.61. The molecule has 5 rings (SSSR count). The lowest BCUT2D eigenvalue weighted by atomic mass is 9.47. The predicted octanol–water partition coefficient (Wildman–Crippen LogP) is 4.30. The molecule has 3 aliphatic carbocycles. The summed E-state index contributed by atoms with van der Waals surface area (Å²) in [6, 6.07) is 9.11. The Morgan fingerprint density at radius 3 is 2.62 bits per heavy atom. The third-order valence-corrected chi connectivity index (χ3v) is 9.57. The van der Waals surface area contributed by atoms with E-state index < -0.39 is 0 Å². The first-order valence-electron chi connectivity index (χ1n) is 12.0. The fourth-order valence-electron chi connectivity index (χ4n) is 7.81. The molecule has 7 atom stereocenters. The van der Waals surface area contributed by atoms with Crippen LogP contribution in [0.1, 0.15) is 68.3 Å². The van der Waals surface area contributed by atoms with Crippen LogP contribution in [0.25, 0.3) is 0 Å². The number of likely N-dealkylation sites (N-methyl/N-ethyl adjacent to an activating group) is 1. The molecule has 5 nitrogen and oxygen atoms in total. The summed E-state index contributed by atoms with van der Waals surface area (Å²) in [6.07, 6.45) is 10.9. The molecule has 3 fully saturated rings. The van der Waals surface area contributed by atoms with Crippen LogP contribution in [0.15, 0.2) is 36.4 Å². The largest absolute Gasteiger partial charge is 0.349 e. The van der Waals surface area contributed by atoms with Gasteiger partial charge in [0.05, 0.1) is 11.6 Å². The Morgan fingerprint density at radius 1 is 1.16 bits per heavy atom. The lowest BCUT2D eigenvalue weighted by Crippen LogP contribution is -2.66. The van der Waals surface area contributed by atoms with E-state index in [2.05, 4.69) is 31.3 Å². The molecule has 3 saturated carbocycles. The van der Waals surface area contributed by atoms with Crippen LogP contribution in [0.2, 0.25) is 0 Å². The molecular formula is C27H33N3O2. The van der Waals surface area contributed by atoms with Crippen LogP contribution in [0.3, 0.4) is 0 Å². The van der Waals surface area contributed by atoms with E-state index in [0.717, 1.165) is 12.8 Å². The van der Waals surface area contributed by atoms with Crippen LogP contribution in [0, 0.1) is 39.9 Å². The number of nitriles is 1. The highest BCUT2D eigenvalue weighted by molar-refractivity contribution is 5.94. The van der Waals surface area contributed by atoms with Crippen LogP contribution in [0.4, 0.5) is 0 Å². The fraction of sp³-hybridized carbons (Fsp3) is 0.593.